The molecule has 0 unspecified atom stereocenters. The second-order valence-corrected chi connectivity index (χ2v) is 6.69. The van der Waals surface area contributed by atoms with Crippen molar-refractivity contribution in [3.63, 3.8) is 0 Å². The van der Waals surface area contributed by atoms with Crippen molar-refractivity contribution in [1.29, 1.82) is 0 Å². The summed E-state index contributed by atoms with van der Waals surface area (Å²) >= 11 is 0. The predicted molar refractivity (Wildman–Crippen MR) is 91.2 cm³/mol. The molecule has 2 rings (SSSR count). The molecule has 1 aliphatic rings. The Morgan fingerprint density at radius 2 is 1.88 bits per heavy atom. The third kappa shape index (κ3) is 4.01. The number of phenols is 1. The lowest BCUT2D eigenvalue weighted by molar-refractivity contribution is 0.0635. The van der Waals surface area contributed by atoms with Gasteiger partial charge in [-0.2, -0.15) is 0 Å². The highest BCUT2D eigenvalue weighted by Crippen LogP contribution is 2.39. The summed E-state index contributed by atoms with van der Waals surface area (Å²) in [5.41, 5.74) is 0.498. The topological polar surface area (TPSA) is 102 Å². The van der Waals surface area contributed by atoms with Gasteiger partial charge in [-0.3, -0.25) is 10.2 Å². The molecule has 132 valence electrons. The van der Waals surface area contributed by atoms with Gasteiger partial charge in [0.1, 0.15) is 11.4 Å². The molecule has 8 heteroatoms. The first kappa shape index (κ1) is 17.7. The maximum atomic E-state index is 11.9. The molecular formula is C16H23N3O5. The normalized spacial score (nSPS) is 14.7. The highest BCUT2D eigenvalue weighted by Gasteiger charge is 2.26. The fourth-order valence-electron chi connectivity index (χ4n) is 2.51. The number of carboxylic acid groups (broad SMARTS) is 1. The van der Waals surface area contributed by atoms with Crippen LogP contribution in [-0.2, 0) is 4.74 Å². The average molecular weight is 337 g/mol. The lowest BCUT2D eigenvalue weighted by Crippen LogP contribution is -2.30. The summed E-state index contributed by atoms with van der Waals surface area (Å²) in [6.07, 6.45) is -1.12. The van der Waals surface area contributed by atoms with E-state index >= 15 is 0 Å². The van der Waals surface area contributed by atoms with Gasteiger partial charge >= 0.3 is 12.2 Å². The Labute approximate surface area is 140 Å². The third-order valence-electron chi connectivity index (χ3n) is 3.54. The number of fused-ring (bicyclic) bond motifs is 1. The van der Waals surface area contributed by atoms with E-state index in [1.807, 2.05) is 11.9 Å². The number of nitrogens with zero attached hydrogens (tertiary/aromatic N) is 2. The van der Waals surface area contributed by atoms with Gasteiger partial charge in [-0.1, -0.05) is 0 Å². The Morgan fingerprint density at radius 3 is 2.46 bits per heavy atom. The summed E-state index contributed by atoms with van der Waals surface area (Å²) in [7, 11) is 1.83. The van der Waals surface area contributed by atoms with Crippen LogP contribution in [0.3, 0.4) is 0 Å². The summed E-state index contributed by atoms with van der Waals surface area (Å²) in [4.78, 5) is 26.4. The molecule has 1 aromatic rings. The first-order chi connectivity index (χ1) is 11.1. The van der Waals surface area contributed by atoms with E-state index in [2.05, 4.69) is 5.32 Å². The molecule has 0 spiro atoms. The van der Waals surface area contributed by atoms with Gasteiger partial charge in [0.15, 0.2) is 0 Å². The van der Waals surface area contributed by atoms with Crippen LogP contribution < -0.4 is 15.1 Å². The molecule has 0 radical (unpaired) electrons. The Balaban J connectivity index is 2.37. The monoisotopic (exact) mass is 337 g/mol. The van der Waals surface area contributed by atoms with Crippen molar-refractivity contribution in [1.82, 2.24) is 0 Å². The number of hydrogen-bond acceptors (Lipinski definition) is 5. The number of carbonyl (C=O) groups excluding carboxylic acids is 1. The van der Waals surface area contributed by atoms with E-state index in [4.69, 9.17) is 4.74 Å². The first-order valence-electron chi connectivity index (χ1n) is 7.67. The van der Waals surface area contributed by atoms with Crippen LogP contribution >= 0.6 is 0 Å². The van der Waals surface area contributed by atoms with Crippen LogP contribution in [0.1, 0.15) is 27.2 Å². The molecule has 3 N–H and O–H groups in total. The lowest BCUT2D eigenvalue weighted by atomic mass is 10.2. The smallest absolute Gasteiger partial charge is 0.412 e. The number of nitrogens with one attached hydrogen (secondary N) is 1. The second kappa shape index (κ2) is 6.46. The summed E-state index contributed by atoms with van der Waals surface area (Å²) in [5, 5.41) is 22.0. The molecule has 1 heterocycles. The van der Waals surface area contributed by atoms with Crippen LogP contribution in [0, 0.1) is 0 Å². The fourth-order valence-corrected chi connectivity index (χ4v) is 2.51. The minimum atomic E-state index is -1.08. The van der Waals surface area contributed by atoms with Crippen LogP contribution in [0.15, 0.2) is 12.1 Å². The van der Waals surface area contributed by atoms with E-state index in [-0.39, 0.29) is 11.4 Å². The average Bonchev–Trinajstić information content (AvgIpc) is 2.57. The van der Waals surface area contributed by atoms with Crippen LogP contribution in [-0.4, -0.2) is 48.1 Å². The number of aromatic hydroxyl groups is 1. The number of ether oxygens (including phenoxy) is 1. The minimum absolute atomic E-state index is 0.169. The van der Waals surface area contributed by atoms with Gasteiger partial charge in [0.05, 0.1) is 17.1 Å². The number of benzene rings is 1. The van der Waals surface area contributed by atoms with E-state index in [1.54, 1.807) is 26.8 Å². The number of carbonyl (C=O) groups is 2. The van der Waals surface area contributed by atoms with Gasteiger partial charge in [-0.05, 0) is 33.3 Å². The Hall–Kier alpha value is -2.64. The summed E-state index contributed by atoms with van der Waals surface area (Å²) in [6, 6.07) is 2.90. The first-order valence-corrected chi connectivity index (χ1v) is 7.67. The van der Waals surface area contributed by atoms with Crippen molar-refractivity contribution in [3.8, 4) is 5.75 Å². The Morgan fingerprint density at radius 1 is 1.21 bits per heavy atom. The molecule has 0 aliphatic carbocycles. The SMILES string of the molecule is CN1CCCN(C(=O)O)c2cc(O)c(NC(=O)OC(C)(C)C)cc21. The molecule has 0 atom stereocenters. The number of phenolic OH excluding ortho intramolecular Hbond substituents is 1. The molecule has 0 aromatic heterocycles. The maximum absolute atomic E-state index is 11.9. The van der Waals surface area contributed by atoms with Gasteiger partial charge in [0, 0.05) is 26.2 Å². The van der Waals surface area contributed by atoms with Gasteiger partial charge in [0.2, 0.25) is 0 Å². The molecule has 0 saturated heterocycles. The predicted octanol–water partition coefficient (Wildman–Crippen LogP) is 3.06. The van der Waals surface area contributed by atoms with Crippen molar-refractivity contribution < 1.29 is 24.5 Å². The summed E-state index contributed by atoms with van der Waals surface area (Å²) in [6.45, 7) is 6.21. The fraction of sp³-hybridized carbons (Fsp3) is 0.500. The molecular weight excluding hydrogens is 314 g/mol. The van der Waals surface area contributed by atoms with E-state index in [0.717, 1.165) is 0 Å². The minimum Gasteiger partial charge on any atom is -0.506 e. The van der Waals surface area contributed by atoms with Crippen molar-refractivity contribution in [2.45, 2.75) is 32.8 Å². The molecule has 0 bridgehead atoms. The molecule has 8 nitrogen and oxygen atoms in total. The highest BCUT2D eigenvalue weighted by molar-refractivity contribution is 5.96. The van der Waals surface area contributed by atoms with E-state index in [9.17, 15) is 19.8 Å². The highest BCUT2D eigenvalue weighted by atomic mass is 16.6. The van der Waals surface area contributed by atoms with Gasteiger partial charge in [0.25, 0.3) is 0 Å². The number of anilines is 3. The number of hydrogen-bond donors (Lipinski definition) is 3. The van der Waals surface area contributed by atoms with E-state index < -0.39 is 17.8 Å². The Kier molecular flexibility index (Phi) is 4.77. The van der Waals surface area contributed by atoms with Gasteiger partial charge in [-0.25, -0.2) is 9.59 Å². The molecule has 24 heavy (non-hydrogen) atoms. The van der Waals surface area contributed by atoms with Crippen LogP contribution in [0.4, 0.5) is 26.7 Å². The zero-order valence-corrected chi connectivity index (χ0v) is 14.3. The van der Waals surface area contributed by atoms with Crippen molar-refractivity contribution in [2.75, 3.05) is 35.3 Å². The molecule has 1 aliphatic heterocycles. The van der Waals surface area contributed by atoms with Crippen LogP contribution in [0.5, 0.6) is 5.75 Å². The van der Waals surface area contributed by atoms with Crippen LogP contribution in [0.2, 0.25) is 0 Å². The zero-order chi connectivity index (χ0) is 18.1. The maximum Gasteiger partial charge on any atom is 0.412 e. The number of rotatable bonds is 1. The second-order valence-electron chi connectivity index (χ2n) is 6.69. The van der Waals surface area contributed by atoms with E-state index in [0.29, 0.717) is 30.9 Å². The van der Waals surface area contributed by atoms with Crippen molar-refractivity contribution in [3.05, 3.63) is 12.1 Å². The molecule has 2 amide bonds. The van der Waals surface area contributed by atoms with Crippen molar-refractivity contribution in [2.24, 2.45) is 0 Å². The third-order valence-corrected chi connectivity index (χ3v) is 3.54. The standard InChI is InChI=1S/C16H23N3O5/c1-16(2,3)24-14(21)17-10-8-11-12(9-13(10)20)19(15(22)23)7-5-6-18(11)4/h8-9,20H,5-7H2,1-4H3,(H,17,21)(H,22,23). The zero-order valence-electron chi connectivity index (χ0n) is 14.3. The summed E-state index contributed by atoms with van der Waals surface area (Å²) < 4.78 is 5.17. The van der Waals surface area contributed by atoms with E-state index in [1.165, 1.54) is 11.0 Å². The van der Waals surface area contributed by atoms with Crippen LogP contribution in [0.25, 0.3) is 0 Å². The lowest BCUT2D eigenvalue weighted by Gasteiger charge is -2.24. The van der Waals surface area contributed by atoms with Gasteiger partial charge < -0.3 is 19.8 Å². The van der Waals surface area contributed by atoms with Crippen molar-refractivity contribution >= 4 is 29.2 Å². The molecule has 1 aromatic carbocycles. The number of amides is 2. The summed E-state index contributed by atoms with van der Waals surface area (Å²) in [5.74, 6) is -0.221. The Bertz CT molecular complexity index is 654. The molecule has 0 saturated carbocycles. The quantitative estimate of drug-likeness (QED) is 0.681. The molecule has 0 fully saturated rings. The largest absolute Gasteiger partial charge is 0.506 e. The van der Waals surface area contributed by atoms with Gasteiger partial charge in [-0.15, -0.1) is 0 Å².